The summed E-state index contributed by atoms with van der Waals surface area (Å²) in [5, 5.41) is 5.00. The first-order valence-corrected chi connectivity index (χ1v) is 14.8. The number of pyridine rings is 1. The Morgan fingerprint density at radius 1 is 1.21 bits per heavy atom. The lowest BCUT2D eigenvalue weighted by Gasteiger charge is -2.13. The molecule has 1 aromatic carbocycles. The minimum atomic E-state index is 0.450. The average molecular weight is 560 g/mol. The Morgan fingerprint density at radius 2 is 2.04 bits per heavy atom. The molecular weight excluding hydrogens is 544 g/mol. The van der Waals surface area contributed by atoms with E-state index in [4.69, 9.17) is 16.6 Å². The van der Waals surface area contributed by atoms with Gasteiger partial charge in [-0.25, -0.2) is 15.0 Å². The average Bonchev–Trinajstić information content (AvgIpc) is 3.24. The number of rotatable bonds is 5. The van der Waals surface area contributed by atoms with Crippen LogP contribution in [0.1, 0.15) is 10.7 Å². The van der Waals surface area contributed by atoms with Gasteiger partial charge in [-0.2, -0.15) is 0 Å². The number of aromatic nitrogens is 4. The summed E-state index contributed by atoms with van der Waals surface area (Å²) in [7, 11) is 0. The molecule has 0 amide bonds. The number of aryl methyl sites for hydroxylation is 2. The van der Waals surface area contributed by atoms with Crippen molar-refractivity contribution in [3.63, 3.8) is 0 Å². The minimum Gasteiger partial charge on any atom is -0.353 e. The molecule has 0 radical (unpaired) electrons. The van der Waals surface area contributed by atoms with E-state index in [0.29, 0.717) is 11.5 Å². The lowest BCUT2D eigenvalue weighted by atomic mass is 10.2. The van der Waals surface area contributed by atoms with Crippen LogP contribution >= 0.6 is 63.1 Å². The van der Waals surface area contributed by atoms with Gasteiger partial charge in [-0.05, 0) is 60.3 Å². The van der Waals surface area contributed by atoms with E-state index in [-0.39, 0.29) is 0 Å². The number of anilines is 2. The second kappa shape index (κ2) is 8.44. The monoisotopic (exact) mass is 559 g/mol. The van der Waals surface area contributed by atoms with Gasteiger partial charge in [0.05, 0.1) is 17.7 Å². The molecule has 10 heteroatoms. The fourth-order valence-electron chi connectivity index (χ4n) is 2.88. The molecule has 0 saturated heterocycles. The number of thiazole rings is 1. The number of fused-ring (bicyclic) bond motifs is 1. The highest BCUT2D eigenvalue weighted by atomic mass is 127. The Labute approximate surface area is 191 Å². The third kappa shape index (κ3) is 3.89. The minimum absolute atomic E-state index is 0.450. The standard InChI is InChI=1S/C18H16ClIN5PS2/c1-9-8-21-18(28-9)11-4-5-12(14(6-11)27-3)23-13-7-15(19)24-17-16(13)22-10(2)25(17)26-20/h4-8,26H,1-3H3,(H,23,24). The van der Waals surface area contributed by atoms with Gasteiger partial charge < -0.3 is 5.32 Å². The molecule has 1 unspecified atom stereocenters. The number of hydrogen-bond acceptors (Lipinski definition) is 6. The van der Waals surface area contributed by atoms with E-state index in [1.807, 2.05) is 19.2 Å². The normalized spacial score (nSPS) is 11.8. The molecule has 1 N–H and O–H groups in total. The summed E-state index contributed by atoms with van der Waals surface area (Å²) in [5.41, 5.74) is 4.63. The molecule has 4 aromatic rings. The molecule has 144 valence electrons. The van der Waals surface area contributed by atoms with Crippen molar-refractivity contribution in [3.8, 4) is 10.6 Å². The van der Waals surface area contributed by atoms with Crippen LogP contribution in [0.3, 0.4) is 0 Å². The first kappa shape index (κ1) is 20.3. The van der Waals surface area contributed by atoms with Gasteiger partial charge >= 0.3 is 0 Å². The second-order valence-electron chi connectivity index (χ2n) is 6.06. The van der Waals surface area contributed by atoms with Crippen LogP contribution in [0.2, 0.25) is 5.15 Å². The Morgan fingerprint density at radius 3 is 2.71 bits per heavy atom. The molecular formula is C18H16ClIN5PS2. The number of thioether (sulfide) groups is 1. The van der Waals surface area contributed by atoms with Crippen LogP contribution in [-0.2, 0) is 0 Å². The lowest BCUT2D eigenvalue weighted by Crippen LogP contribution is -1.96. The number of halogens is 2. The molecule has 1 atom stereocenters. The number of imidazole rings is 1. The van der Waals surface area contributed by atoms with Crippen molar-refractivity contribution in [3.05, 3.63) is 46.3 Å². The molecule has 0 fully saturated rings. The Hall–Kier alpha value is -0.930. The van der Waals surface area contributed by atoms with Crippen molar-refractivity contribution in [1.29, 1.82) is 0 Å². The Balaban J connectivity index is 1.77. The van der Waals surface area contributed by atoms with E-state index in [2.05, 4.69) is 73.0 Å². The molecule has 0 bridgehead atoms. The van der Waals surface area contributed by atoms with Crippen molar-refractivity contribution in [2.24, 2.45) is 0 Å². The number of nitrogens with one attached hydrogen (secondary N) is 1. The van der Waals surface area contributed by atoms with E-state index in [1.165, 1.54) is 4.88 Å². The van der Waals surface area contributed by atoms with Crippen LogP contribution in [0, 0.1) is 13.8 Å². The zero-order valence-electron chi connectivity index (χ0n) is 15.2. The molecule has 0 aliphatic heterocycles. The zero-order valence-corrected chi connectivity index (χ0v) is 20.8. The SMILES string of the molecule is CSc1cc(-c2ncc(C)s2)ccc1Nc1cc(Cl)nc2c1nc(C)n2PI. The number of nitrogens with zero attached hydrogens (tertiary/aromatic N) is 4. The lowest BCUT2D eigenvalue weighted by molar-refractivity contribution is 1.10. The maximum Gasteiger partial charge on any atom is 0.167 e. The third-order valence-corrected chi connectivity index (χ3v) is 8.26. The van der Waals surface area contributed by atoms with Gasteiger partial charge in [0.2, 0.25) is 0 Å². The van der Waals surface area contributed by atoms with Gasteiger partial charge in [0, 0.05) is 27.6 Å². The predicted octanol–water partition coefficient (Wildman–Crippen LogP) is 7.08. The quantitative estimate of drug-likeness (QED) is 0.123. The van der Waals surface area contributed by atoms with Gasteiger partial charge in [-0.1, -0.05) is 11.6 Å². The van der Waals surface area contributed by atoms with Gasteiger partial charge in [0.1, 0.15) is 21.5 Å². The summed E-state index contributed by atoms with van der Waals surface area (Å²) in [4.78, 5) is 16.0. The van der Waals surface area contributed by atoms with Gasteiger partial charge in [0.25, 0.3) is 0 Å². The van der Waals surface area contributed by atoms with Crippen molar-refractivity contribution < 1.29 is 0 Å². The topological polar surface area (TPSA) is 55.6 Å². The highest BCUT2D eigenvalue weighted by molar-refractivity contribution is 14.2. The summed E-state index contributed by atoms with van der Waals surface area (Å²) in [6, 6.07) is 8.18. The van der Waals surface area contributed by atoms with Gasteiger partial charge in [-0.3, -0.25) is 4.34 Å². The fraction of sp³-hybridized carbons (Fsp3) is 0.167. The summed E-state index contributed by atoms with van der Waals surface area (Å²) < 4.78 is 2.08. The molecule has 0 spiro atoms. The summed E-state index contributed by atoms with van der Waals surface area (Å²) in [6.07, 6.45) is 4.50. The van der Waals surface area contributed by atoms with E-state index in [0.717, 1.165) is 43.8 Å². The molecule has 0 aliphatic rings. The molecule has 0 saturated carbocycles. The first-order chi connectivity index (χ1) is 13.5. The Bertz CT molecular complexity index is 1180. The summed E-state index contributed by atoms with van der Waals surface area (Å²) in [6.45, 7) is 4.06. The van der Waals surface area contributed by atoms with Crippen molar-refractivity contribution in [2.45, 2.75) is 18.7 Å². The second-order valence-corrected chi connectivity index (χ2v) is 10.6. The van der Waals surface area contributed by atoms with Crippen LogP contribution < -0.4 is 5.32 Å². The zero-order chi connectivity index (χ0) is 19.8. The fourth-order valence-corrected chi connectivity index (χ4v) is 6.56. The molecule has 0 aliphatic carbocycles. The summed E-state index contributed by atoms with van der Waals surface area (Å²) in [5.74, 6) is 0.931. The Kier molecular flexibility index (Phi) is 6.13. The van der Waals surface area contributed by atoms with E-state index >= 15 is 0 Å². The van der Waals surface area contributed by atoms with Crippen LogP contribution in [-0.4, -0.2) is 25.5 Å². The van der Waals surface area contributed by atoms with E-state index in [9.17, 15) is 0 Å². The van der Waals surface area contributed by atoms with Crippen molar-refractivity contribution in [2.75, 3.05) is 11.6 Å². The molecule has 4 rings (SSSR count). The maximum absolute atomic E-state index is 6.31. The maximum atomic E-state index is 6.31. The molecule has 3 heterocycles. The van der Waals surface area contributed by atoms with E-state index < -0.39 is 0 Å². The van der Waals surface area contributed by atoms with Crippen LogP contribution in [0.15, 0.2) is 35.4 Å². The smallest absolute Gasteiger partial charge is 0.167 e. The highest BCUT2D eigenvalue weighted by Crippen LogP contribution is 2.38. The largest absolute Gasteiger partial charge is 0.353 e. The first-order valence-electron chi connectivity index (χ1n) is 8.30. The third-order valence-electron chi connectivity index (χ3n) is 4.18. The van der Waals surface area contributed by atoms with Crippen LogP contribution in [0.4, 0.5) is 11.4 Å². The molecule has 3 aromatic heterocycles. The molecule has 28 heavy (non-hydrogen) atoms. The van der Waals surface area contributed by atoms with Crippen LogP contribution in [0.5, 0.6) is 0 Å². The number of benzene rings is 1. The van der Waals surface area contributed by atoms with Crippen molar-refractivity contribution >= 4 is 85.7 Å². The summed E-state index contributed by atoms with van der Waals surface area (Å²) >= 11 is 12.0. The van der Waals surface area contributed by atoms with Gasteiger partial charge in [0.15, 0.2) is 5.65 Å². The predicted molar refractivity (Wildman–Crippen MR) is 132 cm³/mol. The van der Waals surface area contributed by atoms with Crippen LogP contribution in [0.25, 0.3) is 21.7 Å². The van der Waals surface area contributed by atoms with E-state index in [1.54, 1.807) is 23.1 Å². The highest BCUT2D eigenvalue weighted by Gasteiger charge is 2.15. The van der Waals surface area contributed by atoms with Crippen molar-refractivity contribution in [1.82, 2.24) is 19.3 Å². The number of hydrogen-bond donors (Lipinski definition) is 1. The molecule has 5 nitrogen and oxygen atoms in total. The van der Waals surface area contributed by atoms with Gasteiger partial charge in [-0.15, -0.1) is 23.1 Å².